The molecule has 6 nitrogen and oxygen atoms in total. The molecule has 0 saturated carbocycles. The third-order valence-corrected chi connectivity index (χ3v) is 6.25. The summed E-state index contributed by atoms with van der Waals surface area (Å²) >= 11 is 0. The van der Waals surface area contributed by atoms with Gasteiger partial charge >= 0.3 is 0 Å². The summed E-state index contributed by atoms with van der Waals surface area (Å²) in [5.74, 6) is -0.0395. The van der Waals surface area contributed by atoms with Crippen molar-refractivity contribution in [3.8, 4) is 5.75 Å². The van der Waals surface area contributed by atoms with Gasteiger partial charge in [0.25, 0.3) is 5.91 Å². The van der Waals surface area contributed by atoms with Gasteiger partial charge in [0.2, 0.25) is 10.0 Å². The molecule has 3 rings (SSSR count). The second kappa shape index (κ2) is 6.99. The second-order valence-corrected chi connectivity index (χ2v) is 8.48. The van der Waals surface area contributed by atoms with Gasteiger partial charge in [-0.1, -0.05) is 18.2 Å². The minimum absolute atomic E-state index is 0.0488. The van der Waals surface area contributed by atoms with Crippen LogP contribution in [0.2, 0.25) is 0 Å². The van der Waals surface area contributed by atoms with Gasteiger partial charge in [0.05, 0.1) is 18.0 Å². The van der Waals surface area contributed by atoms with Crippen molar-refractivity contribution in [1.82, 2.24) is 0 Å². The monoisotopic (exact) mass is 374 g/mol. The predicted octanol–water partition coefficient (Wildman–Crippen LogP) is 2.86. The molecule has 0 aromatic heterocycles. The number of rotatable bonds is 4. The van der Waals surface area contributed by atoms with Crippen molar-refractivity contribution >= 4 is 27.3 Å². The van der Waals surface area contributed by atoms with E-state index >= 15 is 0 Å². The number of nitrogens with one attached hydrogen (secondary N) is 1. The highest BCUT2D eigenvalue weighted by Gasteiger charge is 2.35. The molecule has 0 aliphatic carbocycles. The summed E-state index contributed by atoms with van der Waals surface area (Å²) in [7, 11) is -3.51. The zero-order valence-electron chi connectivity index (χ0n) is 15.0. The Balaban J connectivity index is 1.87. The summed E-state index contributed by atoms with van der Waals surface area (Å²) < 4.78 is 32.0. The smallest absolute Gasteiger partial charge is 0.267 e. The average Bonchev–Trinajstić information content (AvgIpc) is 2.63. The Bertz CT molecular complexity index is 940. The van der Waals surface area contributed by atoms with E-state index in [0.29, 0.717) is 17.1 Å². The number of benzene rings is 2. The molecule has 0 spiro atoms. The maximum atomic E-state index is 12.7. The molecule has 0 radical (unpaired) electrons. The van der Waals surface area contributed by atoms with Gasteiger partial charge in [0.15, 0.2) is 6.10 Å². The average molecular weight is 374 g/mol. The molecule has 0 unspecified atom stereocenters. The van der Waals surface area contributed by atoms with Crippen molar-refractivity contribution in [2.75, 3.05) is 21.9 Å². The van der Waals surface area contributed by atoms with E-state index in [2.05, 4.69) is 5.32 Å². The molecular weight excluding hydrogens is 352 g/mol. The van der Waals surface area contributed by atoms with E-state index in [-0.39, 0.29) is 18.2 Å². The van der Waals surface area contributed by atoms with Gasteiger partial charge in [0, 0.05) is 5.69 Å². The number of carbonyl (C=O) groups excluding carboxylic acids is 1. The fourth-order valence-corrected chi connectivity index (χ4v) is 3.92. The molecule has 138 valence electrons. The maximum Gasteiger partial charge on any atom is 0.267 e. The number of nitrogens with zero attached hydrogens (tertiary/aromatic N) is 1. The largest absolute Gasteiger partial charge is 0.476 e. The van der Waals surface area contributed by atoms with Crippen LogP contribution in [0.3, 0.4) is 0 Å². The molecule has 2 aromatic carbocycles. The van der Waals surface area contributed by atoms with Crippen LogP contribution in [-0.2, 0) is 14.8 Å². The lowest BCUT2D eigenvalue weighted by Gasteiger charge is -2.34. The standard InChI is InChI=1S/C19H22N2O4S/c1-4-26(23,24)21-12-18(25-17-8-6-5-7-16(17)21)19(22)20-15-10-9-13(2)14(3)11-15/h5-11,18H,4,12H2,1-3H3,(H,20,22)/t18-/m0/s1. The van der Waals surface area contributed by atoms with E-state index in [9.17, 15) is 13.2 Å². The fraction of sp³-hybridized carbons (Fsp3) is 0.316. The summed E-state index contributed by atoms with van der Waals surface area (Å²) in [4.78, 5) is 12.7. The van der Waals surface area contributed by atoms with E-state index in [1.54, 1.807) is 31.2 Å². The van der Waals surface area contributed by atoms with Crippen molar-refractivity contribution in [2.45, 2.75) is 26.9 Å². The van der Waals surface area contributed by atoms with Crippen molar-refractivity contribution < 1.29 is 17.9 Å². The van der Waals surface area contributed by atoms with Crippen molar-refractivity contribution in [1.29, 1.82) is 0 Å². The molecule has 0 saturated heterocycles. The van der Waals surface area contributed by atoms with Crippen molar-refractivity contribution in [3.05, 3.63) is 53.6 Å². The van der Waals surface area contributed by atoms with Crippen LogP contribution in [0.4, 0.5) is 11.4 Å². The summed E-state index contributed by atoms with van der Waals surface area (Å²) in [6, 6.07) is 12.5. The highest BCUT2D eigenvalue weighted by molar-refractivity contribution is 7.92. The zero-order valence-corrected chi connectivity index (χ0v) is 15.8. The highest BCUT2D eigenvalue weighted by atomic mass is 32.2. The number of para-hydroxylation sites is 2. The minimum atomic E-state index is -3.51. The van der Waals surface area contributed by atoms with Crippen LogP contribution in [0.1, 0.15) is 18.1 Å². The molecule has 2 aromatic rings. The molecule has 1 aliphatic heterocycles. The van der Waals surface area contributed by atoms with Crippen LogP contribution in [0, 0.1) is 13.8 Å². The number of hydrogen-bond acceptors (Lipinski definition) is 4. The third-order valence-electron chi connectivity index (χ3n) is 4.50. The first-order chi connectivity index (χ1) is 12.3. The molecule has 1 aliphatic rings. The molecule has 7 heteroatoms. The Morgan fingerprint density at radius 3 is 2.62 bits per heavy atom. The SMILES string of the molecule is CCS(=O)(=O)N1C[C@@H](C(=O)Nc2ccc(C)c(C)c2)Oc2ccccc21. The lowest BCUT2D eigenvalue weighted by Crippen LogP contribution is -2.49. The van der Waals surface area contributed by atoms with Crippen LogP contribution < -0.4 is 14.4 Å². The Labute approximate surface area is 153 Å². The quantitative estimate of drug-likeness (QED) is 0.893. The Morgan fingerprint density at radius 2 is 1.92 bits per heavy atom. The van der Waals surface area contributed by atoms with Gasteiger partial charge in [0.1, 0.15) is 5.75 Å². The zero-order chi connectivity index (χ0) is 18.9. The number of ether oxygens (including phenoxy) is 1. The fourth-order valence-electron chi connectivity index (χ4n) is 2.80. The molecule has 1 atom stereocenters. The topological polar surface area (TPSA) is 75.7 Å². The Hall–Kier alpha value is -2.54. The summed E-state index contributed by atoms with van der Waals surface area (Å²) in [6.07, 6.45) is -0.923. The van der Waals surface area contributed by atoms with Crippen LogP contribution in [0.5, 0.6) is 5.75 Å². The van der Waals surface area contributed by atoms with Crippen LogP contribution in [0.15, 0.2) is 42.5 Å². The number of carbonyl (C=O) groups is 1. The van der Waals surface area contributed by atoms with Crippen molar-refractivity contribution in [3.63, 3.8) is 0 Å². The number of anilines is 2. The van der Waals surface area contributed by atoms with Crippen LogP contribution in [-0.4, -0.2) is 32.7 Å². The normalized spacial score (nSPS) is 16.6. The first kappa shape index (κ1) is 18.3. The molecule has 1 N–H and O–H groups in total. The van der Waals surface area contributed by atoms with Crippen LogP contribution in [0.25, 0.3) is 0 Å². The minimum Gasteiger partial charge on any atom is -0.476 e. The summed E-state index contributed by atoms with van der Waals surface area (Å²) in [5.41, 5.74) is 3.31. The first-order valence-electron chi connectivity index (χ1n) is 8.46. The number of hydrogen-bond donors (Lipinski definition) is 1. The second-order valence-electron chi connectivity index (χ2n) is 6.29. The van der Waals surface area contributed by atoms with Gasteiger partial charge in [-0.3, -0.25) is 9.10 Å². The Morgan fingerprint density at radius 1 is 1.19 bits per heavy atom. The van der Waals surface area contributed by atoms with Gasteiger partial charge in [-0.25, -0.2) is 8.42 Å². The number of fused-ring (bicyclic) bond motifs is 1. The van der Waals surface area contributed by atoms with E-state index in [1.165, 1.54) is 4.31 Å². The van der Waals surface area contributed by atoms with E-state index in [0.717, 1.165) is 11.1 Å². The molecule has 1 heterocycles. The van der Waals surface area contributed by atoms with Gasteiger partial charge < -0.3 is 10.1 Å². The predicted molar refractivity (Wildman–Crippen MR) is 102 cm³/mol. The number of amides is 1. The molecule has 0 bridgehead atoms. The first-order valence-corrected chi connectivity index (χ1v) is 10.1. The van der Waals surface area contributed by atoms with Gasteiger partial charge in [-0.2, -0.15) is 0 Å². The molecule has 1 amide bonds. The highest BCUT2D eigenvalue weighted by Crippen LogP contribution is 2.35. The molecular formula is C19H22N2O4S. The summed E-state index contributed by atoms with van der Waals surface area (Å²) in [5, 5.41) is 2.82. The van der Waals surface area contributed by atoms with Gasteiger partial charge in [-0.05, 0) is 56.2 Å². The van der Waals surface area contributed by atoms with E-state index in [1.807, 2.05) is 32.0 Å². The maximum absolute atomic E-state index is 12.7. The third kappa shape index (κ3) is 3.53. The van der Waals surface area contributed by atoms with Crippen LogP contribution >= 0.6 is 0 Å². The van der Waals surface area contributed by atoms with E-state index in [4.69, 9.17) is 4.74 Å². The lowest BCUT2D eigenvalue weighted by molar-refractivity contribution is -0.122. The summed E-state index contributed by atoms with van der Waals surface area (Å²) in [6.45, 7) is 5.49. The lowest BCUT2D eigenvalue weighted by atomic mass is 10.1. The van der Waals surface area contributed by atoms with Crippen molar-refractivity contribution in [2.24, 2.45) is 0 Å². The molecule has 26 heavy (non-hydrogen) atoms. The Kier molecular flexibility index (Phi) is 4.91. The number of sulfonamides is 1. The van der Waals surface area contributed by atoms with E-state index < -0.39 is 16.1 Å². The number of aryl methyl sites for hydroxylation is 2. The molecule has 0 fully saturated rings. The van der Waals surface area contributed by atoms with Gasteiger partial charge in [-0.15, -0.1) is 0 Å².